The number of carbonyl (C=O) groups excluding carboxylic acids is 1. The fraction of sp³-hybridized carbons (Fsp3) is 0.400. The Balaban J connectivity index is 2.07. The van der Waals surface area contributed by atoms with Crippen LogP contribution in [0.25, 0.3) is 5.52 Å². The van der Waals surface area contributed by atoms with Crippen LogP contribution in [-0.4, -0.2) is 22.1 Å². The first-order chi connectivity index (χ1) is 11.9. The van der Waals surface area contributed by atoms with Crippen LogP contribution >= 0.6 is 11.6 Å². The third kappa shape index (κ3) is 5.20. The number of hydrogen-bond donors (Lipinski definition) is 1. The van der Waals surface area contributed by atoms with Crippen molar-refractivity contribution >= 4 is 23.0 Å². The molecule has 5 heteroatoms. The van der Waals surface area contributed by atoms with Crippen molar-refractivity contribution in [2.75, 3.05) is 6.54 Å². The van der Waals surface area contributed by atoms with Gasteiger partial charge in [0.05, 0.1) is 16.8 Å². The standard InChI is InChI=1S/C20H26ClN3O/c1-5-17-19(18-13-16(21)10-12-24(18)23-17)20(25)22-11-9-15(4)8-6-7-14(2)3/h7,9-10,12-13H,5-6,8,11H2,1-4H3,(H,22,25)/b15-9+. The minimum Gasteiger partial charge on any atom is -0.348 e. The molecule has 0 fully saturated rings. The molecule has 0 bridgehead atoms. The van der Waals surface area contributed by atoms with E-state index in [1.54, 1.807) is 22.8 Å². The molecule has 0 aliphatic heterocycles. The van der Waals surface area contributed by atoms with Crippen LogP contribution < -0.4 is 5.32 Å². The molecule has 134 valence electrons. The fourth-order valence-corrected chi connectivity index (χ4v) is 2.82. The first kappa shape index (κ1) is 19.3. The zero-order valence-corrected chi connectivity index (χ0v) is 16.2. The predicted octanol–water partition coefficient (Wildman–Crippen LogP) is 4.97. The van der Waals surface area contributed by atoms with E-state index in [1.165, 1.54) is 11.1 Å². The number of nitrogens with one attached hydrogen (secondary N) is 1. The number of pyridine rings is 1. The smallest absolute Gasteiger partial charge is 0.255 e. The minimum absolute atomic E-state index is 0.109. The Hall–Kier alpha value is -2.07. The summed E-state index contributed by atoms with van der Waals surface area (Å²) in [5.41, 5.74) is 4.74. The lowest BCUT2D eigenvalue weighted by Crippen LogP contribution is -2.24. The third-order valence-electron chi connectivity index (χ3n) is 4.04. The van der Waals surface area contributed by atoms with E-state index in [9.17, 15) is 4.79 Å². The fourth-order valence-electron chi connectivity index (χ4n) is 2.66. The molecule has 0 aromatic carbocycles. The van der Waals surface area contributed by atoms with Gasteiger partial charge in [-0.1, -0.05) is 41.8 Å². The van der Waals surface area contributed by atoms with Gasteiger partial charge in [0.25, 0.3) is 5.91 Å². The Morgan fingerprint density at radius 2 is 2.08 bits per heavy atom. The van der Waals surface area contributed by atoms with Crippen molar-refractivity contribution in [1.82, 2.24) is 14.9 Å². The van der Waals surface area contributed by atoms with Gasteiger partial charge in [-0.25, -0.2) is 4.52 Å². The Morgan fingerprint density at radius 1 is 1.32 bits per heavy atom. The minimum atomic E-state index is -0.109. The van der Waals surface area contributed by atoms with Gasteiger partial charge in [0.15, 0.2) is 0 Å². The summed E-state index contributed by atoms with van der Waals surface area (Å²) >= 11 is 6.08. The molecule has 1 amide bonds. The number of nitrogens with zero attached hydrogens (tertiary/aromatic N) is 2. The normalized spacial score (nSPS) is 11.6. The van der Waals surface area contributed by atoms with Crippen molar-refractivity contribution in [1.29, 1.82) is 0 Å². The number of aromatic nitrogens is 2. The number of halogens is 1. The molecule has 2 rings (SSSR count). The quantitative estimate of drug-likeness (QED) is 0.709. The van der Waals surface area contributed by atoms with E-state index < -0.39 is 0 Å². The van der Waals surface area contributed by atoms with Gasteiger partial charge >= 0.3 is 0 Å². The first-order valence-electron chi connectivity index (χ1n) is 8.66. The summed E-state index contributed by atoms with van der Waals surface area (Å²) in [5.74, 6) is -0.109. The molecule has 2 aromatic rings. The van der Waals surface area contributed by atoms with Gasteiger partial charge in [-0.05, 0) is 52.2 Å². The zero-order valence-electron chi connectivity index (χ0n) is 15.4. The maximum Gasteiger partial charge on any atom is 0.255 e. The van der Waals surface area contributed by atoms with Crippen molar-refractivity contribution in [2.24, 2.45) is 0 Å². The van der Waals surface area contributed by atoms with E-state index in [0.29, 0.717) is 23.6 Å². The SMILES string of the molecule is CCc1nn2ccc(Cl)cc2c1C(=O)NC/C=C(\C)CCC=C(C)C. The van der Waals surface area contributed by atoms with Crippen LogP contribution in [0.2, 0.25) is 5.02 Å². The third-order valence-corrected chi connectivity index (χ3v) is 4.27. The summed E-state index contributed by atoms with van der Waals surface area (Å²) in [7, 11) is 0. The second-order valence-electron chi connectivity index (χ2n) is 6.43. The van der Waals surface area contributed by atoms with E-state index in [-0.39, 0.29) is 5.91 Å². The molecule has 0 radical (unpaired) electrons. The van der Waals surface area contributed by atoms with Gasteiger partial charge in [-0.3, -0.25) is 4.79 Å². The Bertz CT molecular complexity index is 814. The highest BCUT2D eigenvalue weighted by atomic mass is 35.5. The number of allylic oxidation sites excluding steroid dienone is 3. The molecular formula is C20H26ClN3O. The average Bonchev–Trinajstić information content (AvgIpc) is 2.92. The lowest BCUT2D eigenvalue weighted by molar-refractivity contribution is 0.0958. The van der Waals surface area contributed by atoms with E-state index in [1.807, 2.05) is 6.92 Å². The maximum atomic E-state index is 12.6. The summed E-state index contributed by atoms with van der Waals surface area (Å²) in [6, 6.07) is 3.55. The number of hydrogen-bond acceptors (Lipinski definition) is 2. The van der Waals surface area contributed by atoms with Gasteiger partial charge in [0.2, 0.25) is 0 Å². The molecule has 4 nitrogen and oxygen atoms in total. The molecular weight excluding hydrogens is 334 g/mol. The Labute approximate surface area is 154 Å². The average molecular weight is 360 g/mol. The highest BCUT2D eigenvalue weighted by Crippen LogP contribution is 2.20. The van der Waals surface area contributed by atoms with Crippen LogP contribution in [0.3, 0.4) is 0 Å². The van der Waals surface area contributed by atoms with Gasteiger partial charge in [0.1, 0.15) is 0 Å². The van der Waals surface area contributed by atoms with Crippen LogP contribution in [0.5, 0.6) is 0 Å². The molecule has 0 aliphatic rings. The summed E-state index contributed by atoms with van der Waals surface area (Å²) < 4.78 is 1.71. The highest BCUT2D eigenvalue weighted by Gasteiger charge is 2.18. The molecule has 0 aliphatic carbocycles. The molecule has 0 atom stereocenters. The molecule has 25 heavy (non-hydrogen) atoms. The van der Waals surface area contributed by atoms with E-state index in [4.69, 9.17) is 11.6 Å². The van der Waals surface area contributed by atoms with E-state index in [2.05, 4.69) is 43.3 Å². The zero-order chi connectivity index (χ0) is 18.4. The van der Waals surface area contributed by atoms with Gasteiger partial charge < -0.3 is 5.32 Å². The van der Waals surface area contributed by atoms with Crippen molar-refractivity contribution in [3.63, 3.8) is 0 Å². The molecule has 0 saturated heterocycles. The van der Waals surface area contributed by atoms with Crippen molar-refractivity contribution in [3.05, 3.63) is 57.9 Å². The van der Waals surface area contributed by atoms with Crippen LogP contribution in [0.15, 0.2) is 41.6 Å². The second kappa shape index (κ2) is 8.86. The topological polar surface area (TPSA) is 46.4 Å². The number of fused-ring (bicyclic) bond motifs is 1. The van der Waals surface area contributed by atoms with Crippen LogP contribution in [0, 0.1) is 0 Å². The maximum absolute atomic E-state index is 12.6. The monoisotopic (exact) mass is 359 g/mol. The van der Waals surface area contributed by atoms with Crippen LogP contribution in [-0.2, 0) is 6.42 Å². The largest absolute Gasteiger partial charge is 0.348 e. The molecule has 1 N–H and O–H groups in total. The number of aryl methyl sites for hydroxylation is 1. The van der Waals surface area contributed by atoms with E-state index in [0.717, 1.165) is 24.1 Å². The Kier molecular flexibility index (Phi) is 6.82. The summed E-state index contributed by atoms with van der Waals surface area (Å²) in [6.07, 6.45) is 8.81. The molecule has 2 aromatic heterocycles. The summed E-state index contributed by atoms with van der Waals surface area (Å²) in [6.45, 7) is 8.81. The van der Waals surface area contributed by atoms with Crippen LogP contribution in [0.4, 0.5) is 0 Å². The van der Waals surface area contributed by atoms with Crippen molar-refractivity contribution < 1.29 is 4.79 Å². The summed E-state index contributed by atoms with van der Waals surface area (Å²) in [4.78, 5) is 12.6. The molecule has 0 saturated carbocycles. The van der Waals surface area contributed by atoms with Gasteiger partial charge in [0, 0.05) is 17.8 Å². The van der Waals surface area contributed by atoms with E-state index >= 15 is 0 Å². The number of amides is 1. The van der Waals surface area contributed by atoms with Crippen LogP contribution in [0.1, 0.15) is 56.6 Å². The number of rotatable bonds is 7. The molecule has 0 spiro atoms. The first-order valence-corrected chi connectivity index (χ1v) is 9.04. The summed E-state index contributed by atoms with van der Waals surface area (Å²) in [5, 5.41) is 8.04. The second-order valence-corrected chi connectivity index (χ2v) is 6.87. The predicted molar refractivity (Wildman–Crippen MR) is 104 cm³/mol. The van der Waals surface area contributed by atoms with Crippen molar-refractivity contribution in [2.45, 2.75) is 47.0 Å². The number of carbonyl (C=O) groups is 1. The van der Waals surface area contributed by atoms with Gasteiger partial charge in [-0.2, -0.15) is 5.10 Å². The molecule has 0 unspecified atom stereocenters. The highest BCUT2D eigenvalue weighted by molar-refractivity contribution is 6.31. The van der Waals surface area contributed by atoms with Gasteiger partial charge in [-0.15, -0.1) is 0 Å². The van der Waals surface area contributed by atoms with Crippen molar-refractivity contribution in [3.8, 4) is 0 Å². The Morgan fingerprint density at radius 3 is 2.76 bits per heavy atom. The lowest BCUT2D eigenvalue weighted by atomic mass is 10.1. The lowest BCUT2D eigenvalue weighted by Gasteiger charge is -2.04. The molecule has 2 heterocycles.